The van der Waals surface area contributed by atoms with E-state index in [0.29, 0.717) is 23.9 Å². The Bertz CT molecular complexity index is 404. The Balaban J connectivity index is 2.84. The Morgan fingerprint density at radius 3 is 2.10 bits per heavy atom. The van der Waals surface area contributed by atoms with Crippen molar-refractivity contribution in [2.75, 3.05) is 27.4 Å². The summed E-state index contributed by atoms with van der Waals surface area (Å²) in [6, 6.07) is 5.90. The van der Waals surface area contributed by atoms with Gasteiger partial charge in [-0.05, 0) is 30.5 Å². The van der Waals surface area contributed by atoms with Gasteiger partial charge in [0, 0.05) is 6.04 Å². The summed E-state index contributed by atoms with van der Waals surface area (Å²) in [6.45, 7) is 10.3. The molecule has 120 valence electrons. The first-order chi connectivity index (χ1) is 9.93. The number of benzene rings is 1. The predicted molar refractivity (Wildman–Crippen MR) is 86.6 cm³/mol. The van der Waals surface area contributed by atoms with Gasteiger partial charge in [0.05, 0.1) is 14.2 Å². The maximum Gasteiger partial charge on any atom is 0.203 e. The Labute approximate surface area is 128 Å². The number of rotatable bonds is 8. The fraction of sp³-hybridized carbons (Fsp3) is 0.647. The third kappa shape index (κ3) is 5.12. The maximum absolute atomic E-state index is 6.02. The van der Waals surface area contributed by atoms with Gasteiger partial charge in [0.15, 0.2) is 11.5 Å². The van der Waals surface area contributed by atoms with Crippen molar-refractivity contribution in [1.29, 1.82) is 0 Å². The number of ether oxygens (including phenoxy) is 3. The third-order valence-electron chi connectivity index (χ3n) is 3.46. The zero-order chi connectivity index (χ0) is 15.9. The first-order valence-corrected chi connectivity index (χ1v) is 7.51. The molecule has 21 heavy (non-hydrogen) atoms. The molecule has 4 heteroatoms. The molecule has 1 N–H and O–H groups in total. The molecule has 0 heterocycles. The van der Waals surface area contributed by atoms with Crippen LogP contribution < -0.4 is 19.5 Å². The molecule has 1 rings (SSSR count). The summed E-state index contributed by atoms with van der Waals surface area (Å²) in [4.78, 5) is 0. The van der Waals surface area contributed by atoms with Crippen LogP contribution >= 0.6 is 0 Å². The Morgan fingerprint density at radius 1 is 1.10 bits per heavy atom. The van der Waals surface area contributed by atoms with Crippen molar-refractivity contribution in [2.24, 2.45) is 5.41 Å². The third-order valence-corrected chi connectivity index (χ3v) is 3.46. The van der Waals surface area contributed by atoms with E-state index >= 15 is 0 Å². The molecule has 1 atom stereocenters. The summed E-state index contributed by atoms with van der Waals surface area (Å²) >= 11 is 0. The second kappa shape index (κ2) is 8.13. The molecule has 0 aliphatic carbocycles. The monoisotopic (exact) mass is 295 g/mol. The number of hydrogen-bond donors (Lipinski definition) is 1. The lowest BCUT2D eigenvalue weighted by molar-refractivity contribution is 0.166. The quantitative estimate of drug-likeness (QED) is 0.797. The van der Waals surface area contributed by atoms with Crippen LogP contribution in [-0.2, 0) is 0 Å². The summed E-state index contributed by atoms with van der Waals surface area (Å²) in [5.41, 5.74) is 0.115. The molecule has 1 aromatic carbocycles. The van der Waals surface area contributed by atoms with E-state index in [2.05, 4.69) is 33.0 Å². The van der Waals surface area contributed by atoms with Gasteiger partial charge in [0.1, 0.15) is 6.61 Å². The molecule has 1 aromatic rings. The number of nitrogens with one attached hydrogen (secondary N) is 1. The minimum Gasteiger partial charge on any atom is -0.493 e. The number of hydrogen-bond acceptors (Lipinski definition) is 4. The van der Waals surface area contributed by atoms with E-state index in [1.165, 1.54) is 0 Å². The second-order valence-corrected chi connectivity index (χ2v) is 6.18. The van der Waals surface area contributed by atoms with Gasteiger partial charge in [-0.3, -0.25) is 0 Å². The molecule has 0 bridgehead atoms. The van der Waals surface area contributed by atoms with Crippen LogP contribution in [0.25, 0.3) is 0 Å². The first kappa shape index (κ1) is 17.6. The minimum atomic E-state index is 0.115. The summed E-state index contributed by atoms with van der Waals surface area (Å²) in [5, 5.41) is 3.55. The average molecular weight is 295 g/mol. The van der Waals surface area contributed by atoms with Gasteiger partial charge in [-0.2, -0.15) is 0 Å². The van der Waals surface area contributed by atoms with Crippen molar-refractivity contribution in [3.05, 3.63) is 18.2 Å². The van der Waals surface area contributed by atoms with Crippen LogP contribution in [0.15, 0.2) is 18.2 Å². The standard InChI is InChI=1S/C17H29NO3/c1-7-11-18-15(17(2,3)4)12-21-16-13(19-5)9-8-10-14(16)20-6/h8-10,15,18H,7,11-12H2,1-6H3. The van der Waals surface area contributed by atoms with E-state index in [0.717, 1.165) is 13.0 Å². The molecule has 0 radical (unpaired) electrons. The maximum atomic E-state index is 6.02. The fourth-order valence-corrected chi connectivity index (χ4v) is 2.06. The number of methoxy groups -OCH3 is 2. The van der Waals surface area contributed by atoms with Gasteiger partial charge in [0.2, 0.25) is 5.75 Å². The average Bonchev–Trinajstić information content (AvgIpc) is 2.45. The van der Waals surface area contributed by atoms with Crippen molar-refractivity contribution in [1.82, 2.24) is 5.32 Å². The Morgan fingerprint density at radius 2 is 1.67 bits per heavy atom. The molecule has 0 aliphatic heterocycles. The highest BCUT2D eigenvalue weighted by atomic mass is 16.5. The SMILES string of the molecule is CCCNC(COc1c(OC)cccc1OC)C(C)(C)C. The lowest BCUT2D eigenvalue weighted by Gasteiger charge is -2.31. The van der Waals surface area contributed by atoms with E-state index in [9.17, 15) is 0 Å². The highest BCUT2D eigenvalue weighted by molar-refractivity contribution is 5.51. The van der Waals surface area contributed by atoms with Crippen molar-refractivity contribution < 1.29 is 14.2 Å². The molecule has 0 spiro atoms. The van der Waals surface area contributed by atoms with Crippen molar-refractivity contribution in [3.63, 3.8) is 0 Å². The zero-order valence-corrected chi connectivity index (χ0v) is 14.2. The van der Waals surface area contributed by atoms with Crippen LogP contribution in [0.4, 0.5) is 0 Å². The molecule has 0 amide bonds. The van der Waals surface area contributed by atoms with Gasteiger partial charge in [-0.1, -0.05) is 33.8 Å². The minimum absolute atomic E-state index is 0.115. The molecule has 0 aliphatic rings. The zero-order valence-electron chi connectivity index (χ0n) is 14.2. The van der Waals surface area contributed by atoms with Gasteiger partial charge in [-0.15, -0.1) is 0 Å². The summed E-state index contributed by atoms with van der Waals surface area (Å²) in [7, 11) is 3.27. The molecule has 0 saturated heterocycles. The van der Waals surface area contributed by atoms with Gasteiger partial charge in [0.25, 0.3) is 0 Å². The predicted octanol–water partition coefficient (Wildman–Crippen LogP) is 3.50. The molecule has 0 aromatic heterocycles. The van der Waals surface area contributed by atoms with Gasteiger partial charge in [-0.25, -0.2) is 0 Å². The lowest BCUT2D eigenvalue weighted by Crippen LogP contribution is -2.45. The summed E-state index contributed by atoms with van der Waals surface area (Å²) in [6.07, 6.45) is 1.10. The molecular formula is C17H29NO3. The van der Waals surface area contributed by atoms with Crippen LogP contribution in [0.1, 0.15) is 34.1 Å². The van der Waals surface area contributed by atoms with Crippen LogP contribution in [0.5, 0.6) is 17.2 Å². The molecule has 4 nitrogen and oxygen atoms in total. The largest absolute Gasteiger partial charge is 0.493 e. The molecule has 0 saturated carbocycles. The normalized spacial score (nSPS) is 12.9. The summed E-state index contributed by atoms with van der Waals surface area (Å²) in [5.74, 6) is 2.05. The fourth-order valence-electron chi connectivity index (χ4n) is 2.06. The van der Waals surface area contributed by atoms with E-state index in [1.807, 2.05) is 18.2 Å². The van der Waals surface area contributed by atoms with Crippen LogP contribution in [0.3, 0.4) is 0 Å². The molecule has 1 unspecified atom stereocenters. The molecule has 0 fully saturated rings. The van der Waals surface area contributed by atoms with E-state index in [4.69, 9.17) is 14.2 Å². The van der Waals surface area contributed by atoms with E-state index < -0.39 is 0 Å². The van der Waals surface area contributed by atoms with E-state index in [1.54, 1.807) is 14.2 Å². The second-order valence-electron chi connectivity index (χ2n) is 6.18. The van der Waals surface area contributed by atoms with Crippen molar-refractivity contribution in [2.45, 2.75) is 40.2 Å². The van der Waals surface area contributed by atoms with Crippen LogP contribution in [-0.4, -0.2) is 33.4 Å². The van der Waals surface area contributed by atoms with E-state index in [-0.39, 0.29) is 11.5 Å². The highest BCUT2D eigenvalue weighted by Crippen LogP contribution is 2.37. The lowest BCUT2D eigenvalue weighted by atomic mass is 9.87. The Kier molecular flexibility index (Phi) is 6.82. The summed E-state index contributed by atoms with van der Waals surface area (Å²) < 4.78 is 16.7. The number of para-hydroxylation sites is 1. The van der Waals surface area contributed by atoms with Crippen molar-refractivity contribution in [3.8, 4) is 17.2 Å². The van der Waals surface area contributed by atoms with Crippen LogP contribution in [0.2, 0.25) is 0 Å². The van der Waals surface area contributed by atoms with Crippen molar-refractivity contribution >= 4 is 0 Å². The van der Waals surface area contributed by atoms with Gasteiger partial charge >= 0.3 is 0 Å². The molecular weight excluding hydrogens is 266 g/mol. The van der Waals surface area contributed by atoms with Crippen LogP contribution in [0, 0.1) is 5.41 Å². The first-order valence-electron chi connectivity index (χ1n) is 7.51. The highest BCUT2D eigenvalue weighted by Gasteiger charge is 2.25. The Hall–Kier alpha value is -1.42. The topological polar surface area (TPSA) is 39.7 Å². The smallest absolute Gasteiger partial charge is 0.203 e. The van der Waals surface area contributed by atoms with Gasteiger partial charge < -0.3 is 19.5 Å².